The largest absolute Gasteiger partial charge is 0.492 e. The van der Waals surface area contributed by atoms with Crippen molar-refractivity contribution in [1.82, 2.24) is 15.2 Å². The Hall–Kier alpha value is -5.93. The Kier molecular flexibility index (Phi) is 17.9. The van der Waals surface area contributed by atoms with Crippen LogP contribution in [-0.2, 0) is 25.6 Å². The number of Topliss-reactive ketones (excluding diaryl/α,β-unsaturated/α-hetero) is 3. The fourth-order valence-corrected chi connectivity index (χ4v) is 8.32. The standard InChI is InChI=1S/C49H61N7O7/c1-31-26-44(59)47(56(3)49(61)36(19-21-51)30-43(58)38-16-15-37(54-32(38)2)14-11-33-8-5-4-6-9-33)35-13-18-46(63-25-23-53)40(29-35)39-27-34(12-17-45(39)62-24-22-52)28-41(55-48(31)60)42(57)10-7-20-50/h12-13,15-18,27,29,31,33,36,41,47H,4-10,19,21-26,28,30,51-53H2,1-3H3,(H,55,60)/t31-,36-,41+,47+/m1/s1. The van der Waals surface area contributed by atoms with Gasteiger partial charge >= 0.3 is 0 Å². The topological polar surface area (TPSA) is 234 Å². The number of nitriles is 1. The molecule has 7 N–H and O–H groups in total. The Labute approximate surface area is 370 Å². The fourth-order valence-electron chi connectivity index (χ4n) is 8.32. The molecule has 2 aromatic carbocycles. The summed E-state index contributed by atoms with van der Waals surface area (Å²) in [7, 11) is 1.51. The predicted octanol–water partition coefficient (Wildman–Crippen LogP) is 4.91. The van der Waals surface area contributed by atoms with E-state index >= 15 is 0 Å². The van der Waals surface area contributed by atoms with Crippen molar-refractivity contribution in [3.8, 4) is 40.5 Å². The number of carbonyl (C=O) groups is 5. The molecule has 0 radical (unpaired) electrons. The number of aromatic nitrogens is 1. The number of ether oxygens (including phenoxy) is 2. The van der Waals surface area contributed by atoms with E-state index in [1.54, 1.807) is 56.3 Å². The van der Waals surface area contributed by atoms with Crippen LogP contribution in [0.15, 0.2) is 48.5 Å². The number of ketones is 3. The smallest absolute Gasteiger partial charge is 0.226 e. The molecule has 0 unspecified atom stereocenters. The fraction of sp³-hybridized carbons (Fsp3) is 0.490. The van der Waals surface area contributed by atoms with Gasteiger partial charge in [-0.25, -0.2) is 4.98 Å². The Bertz CT molecular complexity index is 2240. The molecule has 63 heavy (non-hydrogen) atoms. The van der Waals surface area contributed by atoms with Crippen molar-refractivity contribution in [1.29, 1.82) is 5.26 Å². The maximum atomic E-state index is 14.7. The summed E-state index contributed by atoms with van der Waals surface area (Å²) in [4.78, 5) is 76.5. The van der Waals surface area contributed by atoms with E-state index < -0.39 is 41.5 Å². The van der Waals surface area contributed by atoms with Gasteiger partial charge in [-0.1, -0.05) is 44.2 Å². The van der Waals surface area contributed by atoms with Crippen molar-refractivity contribution >= 4 is 29.2 Å². The zero-order valence-corrected chi connectivity index (χ0v) is 36.8. The van der Waals surface area contributed by atoms with Crippen molar-refractivity contribution < 1.29 is 33.4 Å². The number of carbonyl (C=O) groups excluding carboxylic acids is 5. The number of amides is 2. The van der Waals surface area contributed by atoms with E-state index in [2.05, 4.69) is 22.1 Å². The van der Waals surface area contributed by atoms with Crippen molar-refractivity contribution in [3.63, 3.8) is 0 Å². The molecular weight excluding hydrogens is 799 g/mol. The van der Waals surface area contributed by atoms with Crippen LogP contribution in [0.5, 0.6) is 11.5 Å². The molecule has 5 rings (SSSR count). The molecule has 1 aliphatic heterocycles. The van der Waals surface area contributed by atoms with E-state index in [-0.39, 0.29) is 82.9 Å². The second-order valence-corrected chi connectivity index (χ2v) is 16.5. The number of rotatable bonds is 16. The summed E-state index contributed by atoms with van der Waals surface area (Å²) in [6.45, 7) is 4.24. The molecule has 14 heteroatoms. The molecule has 2 amide bonds. The summed E-state index contributed by atoms with van der Waals surface area (Å²) >= 11 is 0. The van der Waals surface area contributed by atoms with Crippen LogP contribution in [-0.4, -0.2) is 85.0 Å². The Morgan fingerprint density at radius 2 is 1.60 bits per heavy atom. The Balaban J connectivity index is 1.55. The summed E-state index contributed by atoms with van der Waals surface area (Å²) in [5, 5.41) is 12.1. The number of benzene rings is 2. The number of hydrogen-bond acceptors (Lipinski definition) is 12. The van der Waals surface area contributed by atoms with Crippen LogP contribution < -0.4 is 32.0 Å². The van der Waals surface area contributed by atoms with E-state index in [4.69, 9.17) is 26.7 Å². The van der Waals surface area contributed by atoms with Crippen LogP contribution in [0.2, 0.25) is 0 Å². The first-order valence-electron chi connectivity index (χ1n) is 22.0. The van der Waals surface area contributed by atoms with Gasteiger partial charge in [-0.05, 0) is 92.6 Å². The van der Waals surface area contributed by atoms with Crippen molar-refractivity contribution in [2.24, 2.45) is 35.0 Å². The molecule has 2 heterocycles. The third-order valence-electron chi connectivity index (χ3n) is 11.7. The van der Waals surface area contributed by atoms with Gasteiger partial charge in [0.15, 0.2) is 17.3 Å². The van der Waals surface area contributed by atoms with Gasteiger partial charge in [0.05, 0.1) is 12.1 Å². The van der Waals surface area contributed by atoms with Crippen molar-refractivity contribution in [3.05, 3.63) is 76.6 Å². The third kappa shape index (κ3) is 12.8. The highest BCUT2D eigenvalue weighted by molar-refractivity contribution is 6.00. The molecule has 1 aromatic heterocycles. The van der Waals surface area contributed by atoms with Gasteiger partial charge < -0.3 is 36.9 Å². The number of hydrogen-bond donors (Lipinski definition) is 4. The monoisotopic (exact) mass is 859 g/mol. The number of likely N-dealkylation sites (N-methyl/N-ethyl adjacent to an activating group) is 1. The van der Waals surface area contributed by atoms with Crippen LogP contribution in [0.1, 0.15) is 110 Å². The molecule has 0 spiro atoms. The molecule has 3 aromatic rings. The lowest BCUT2D eigenvalue weighted by Crippen LogP contribution is -2.46. The van der Waals surface area contributed by atoms with Gasteiger partial charge in [0.1, 0.15) is 36.4 Å². The highest BCUT2D eigenvalue weighted by Crippen LogP contribution is 2.41. The van der Waals surface area contributed by atoms with E-state index in [0.717, 1.165) is 12.8 Å². The first-order valence-corrected chi connectivity index (χ1v) is 22.0. The van der Waals surface area contributed by atoms with Crippen LogP contribution in [0.4, 0.5) is 0 Å². The number of nitrogens with zero attached hydrogens (tertiary/aromatic N) is 3. The molecule has 2 aliphatic rings. The third-order valence-corrected chi connectivity index (χ3v) is 11.7. The van der Waals surface area contributed by atoms with E-state index in [9.17, 15) is 29.2 Å². The van der Waals surface area contributed by atoms with Gasteiger partial charge in [-0.15, -0.1) is 0 Å². The molecule has 334 valence electrons. The number of fused-ring (bicyclic) bond motifs is 5. The van der Waals surface area contributed by atoms with Crippen molar-refractivity contribution in [2.75, 3.05) is 39.9 Å². The molecule has 1 fully saturated rings. The SMILES string of the molecule is Cc1nc(C#CC2CCCCC2)ccc1C(=O)C[C@@H](CCN)C(=O)N(C)[C@@H]1C(=O)C[C@@H](C)C(=O)N[C@H](C(=O)CCC#N)Cc2ccc(OCCN)c(c2)-c2cc1ccc2OCCN. The maximum absolute atomic E-state index is 14.7. The lowest BCUT2D eigenvalue weighted by atomic mass is 9.88. The van der Waals surface area contributed by atoms with E-state index in [0.29, 0.717) is 56.6 Å². The molecule has 4 bridgehead atoms. The highest BCUT2D eigenvalue weighted by Gasteiger charge is 2.36. The van der Waals surface area contributed by atoms with Gasteiger partial charge in [-0.3, -0.25) is 24.0 Å². The molecule has 0 saturated heterocycles. The molecule has 1 aliphatic carbocycles. The predicted molar refractivity (Wildman–Crippen MR) is 239 cm³/mol. The Morgan fingerprint density at radius 1 is 0.921 bits per heavy atom. The summed E-state index contributed by atoms with van der Waals surface area (Å²) in [5.74, 6) is 3.87. The second kappa shape index (κ2) is 23.5. The summed E-state index contributed by atoms with van der Waals surface area (Å²) in [5.41, 5.74) is 21.4. The normalized spacial score (nSPS) is 18.4. The van der Waals surface area contributed by atoms with E-state index in [1.165, 1.54) is 31.2 Å². The summed E-state index contributed by atoms with van der Waals surface area (Å²) < 4.78 is 12.2. The van der Waals surface area contributed by atoms with Crippen LogP contribution in [0.25, 0.3) is 11.1 Å². The van der Waals surface area contributed by atoms with Crippen LogP contribution in [0.3, 0.4) is 0 Å². The molecule has 1 saturated carbocycles. The van der Waals surface area contributed by atoms with Gasteiger partial charge in [0.2, 0.25) is 11.8 Å². The number of nitrogens with one attached hydrogen (secondary N) is 1. The van der Waals surface area contributed by atoms with Crippen LogP contribution >= 0.6 is 0 Å². The second-order valence-electron chi connectivity index (χ2n) is 16.5. The van der Waals surface area contributed by atoms with Gasteiger partial charge in [0, 0.05) is 86.0 Å². The average Bonchev–Trinajstić information content (AvgIpc) is 3.28. The number of nitrogens with two attached hydrogens (primary N) is 3. The van der Waals surface area contributed by atoms with Gasteiger partial charge in [-0.2, -0.15) is 5.26 Å². The highest BCUT2D eigenvalue weighted by atomic mass is 16.5. The number of aryl methyl sites for hydroxylation is 1. The lowest BCUT2D eigenvalue weighted by molar-refractivity contribution is -0.142. The minimum atomic E-state index is -1.22. The average molecular weight is 860 g/mol. The zero-order valence-electron chi connectivity index (χ0n) is 36.8. The molecule has 14 nitrogen and oxygen atoms in total. The van der Waals surface area contributed by atoms with Crippen molar-refractivity contribution in [2.45, 2.75) is 96.6 Å². The number of pyridine rings is 1. The molecular formula is C49H61N7O7. The minimum Gasteiger partial charge on any atom is -0.492 e. The minimum absolute atomic E-state index is 0.0257. The lowest BCUT2D eigenvalue weighted by Gasteiger charge is -2.32. The summed E-state index contributed by atoms with van der Waals surface area (Å²) in [6, 6.07) is 13.7. The Morgan fingerprint density at radius 3 is 2.25 bits per heavy atom. The molecule has 4 atom stereocenters. The quantitative estimate of drug-likeness (QED) is 0.111. The summed E-state index contributed by atoms with van der Waals surface area (Å²) in [6.07, 6.45) is 5.46. The van der Waals surface area contributed by atoms with E-state index in [1.807, 2.05) is 12.1 Å². The van der Waals surface area contributed by atoms with Gasteiger partial charge in [0.25, 0.3) is 0 Å². The zero-order chi connectivity index (χ0) is 45.5. The first-order chi connectivity index (χ1) is 30.4. The van der Waals surface area contributed by atoms with Crippen LogP contribution in [0, 0.1) is 47.8 Å². The first kappa shape index (κ1) is 48.1. The maximum Gasteiger partial charge on any atom is 0.226 e.